The molecule has 0 aliphatic heterocycles. The standard InChI is InChI=1S/C16H22/c1-2-4-7-11-15(12-8-5-3-1)16-13-9-6-10-14-16/h6,9-11,13-14H,1-5,7-8,12H2/b15-11+. The second kappa shape index (κ2) is 6.52. The van der Waals surface area contributed by atoms with Crippen molar-refractivity contribution in [2.45, 2.75) is 51.4 Å². The average Bonchev–Trinajstić information content (AvgIpc) is 2.37. The van der Waals surface area contributed by atoms with E-state index in [9.17, 15) is 0 Å². The summed E-state index contributed by atoms with van der Waals surface area (Å²) < 4.78 is 0. The Labute approximate surface area is 99.4 Å². The first-order valence-electron chi connectivity index (χ1n) is 6.71. The smallest absolute Gasteiger partial charge is 0.0228 e. The molecule has 0 saturated heterocycles. The lowest BCUT2D eigenvalue weighted by Crippen LogP contribution is -1.89. The second-order valence-electron chi connectivity index (χ2n) is 4.76. The van der Waals surface area contributed by atoms with Gasteiger partial charge in [-0.2, -0.15) is 0 Å². The number of rotatable bonds is 1. The third kappa shape index (κ3) is 3.52. The molecule has 1 aliphatic carbocycles. The molecule has 2 rings (SSSR count). The Morgan fingerprint density at radius 2 is 1.38 bits per heavy atom. The Morgan fingerprint density at radius 1 is 0.688 bits per heavy atom. The number of hydrogen-bond donors (Lipinski definition) is 0. The largest absolute Gasteiger partial charge is 0.0807 e. The Hall–Kier alpha value is -1.04. The molecular weight excluding hydrogens is 192 g/mol. The van der Waals surface area contributed by atoms with Crippen LogP contribution in [0, 0.1) is 0 Å². The zero-order valence-corrected chi connectivity index (χ0v) is 10.1. The van der Waals surface area contributed by atoms with E-state index in [1.807, 2.05) is 0 Å². The molecule has 0 fully saturated rings. The summed E-state index contributed by atoms with van der Waals surface area (Å²) in [6.07, 6.45) is 13.4. The minimum atomic E-state index is 1.27. The summed E-state index contributed by atoms with van der Waals surface area (Å²) in [5.74, 6) is 0. The third-order valence-electron chi connectivity index (χ3n) is 3.44. The topological polar surface area (TPSA) is 0 Å². The summed E-state index contributed by atoms with van der Waals surface area (Å²) in [4.78, 5) is 0. The molecule has 0 radical (unpaired) electrons. The molecule has 0 unspecified atom stereocenters. The molecule has 0 nitrogen and oxygen atoms in total. The molecule has 1 aliphatic rings. The molecule has 0 amide bonds. The van der Waals surface area contributed by atoms with Crippen molar-refractivity contribution in [2.75, 3.05) is 0 Å². The van der Waals surface area contributed by atoms with Gasteiger partial charge in [-0.15, -0.1) is 0 Å². The fraction of sp³-hybridized carbons (Fsp3) is 0.500. The Morgan fingerprint density at radius 3 is 2.19 bits per heavy atom. The van der Waals surface area contributed by atoms with Gasteiger partial charge in [0, 0.05) is 0 Å². The predicted molar refractivity (Wildman–Crippen MR) is 71.4 cm³/mol. The van der Waals surface area contributed by atoms with Gasteiger partial charge in [-0.05, 0) is 36.8 Å². The fourth-order valence-corrected chi connectivity index (χ4v) is 2.46. The number of hydrogen-bond acceptors (Lipinski definition) is 0. The molecule has 0 heterocycles. The lowest BCUT2D eigenvalue weighted by molar-refractivity contribution is 0.595. The SMILES string of the molecule is C1=C(/c2ccccc2)CCCCCCCC/1. The van der Waals surface area contributed by atoms with Gasteiger partial charge in [-0.3, -0.25) is 0 Å². The van der Waals surface area contributed by atoms with E-state index in [4.69, 9.17) is 0 Å². The van der Waals surface area contributed by atoms with Gasteiger partial charge in [0.1, 0.15) is 0 Å². The Balaban J connectivity index is 2.07. The highest BCUT2D eigenvalue weighted by molar-refractivity contribution is 5.65. The van der Waals surface area contributed by atoms with E-state index in [1.165, 1.54) is 56.9 Å². The zero-order chi connectivity index (χ0) is 11.1. The first-order chi connectivity index (χ1) is 7.97. The highest BCUT2D eigenvalue weighted by Crippen LogP contribution is 2.24. The average molecular weight is 214 g/mol. The van der Waals surface area contributed by atoms with Crippen molar-refractivity contribution < 1.29 is 0 Å². The maximum Gasteiger partial charge on any atom is -0.0228 e. The summed E-state index contributed by atoms with van der Waals surface area (Å²) in [6.45, 7) is 0. The number of benzene rings is 1. The molecule has 1 aromatic carbocycles. The van der Waals surface area contributed by atoms with Crippen LogP contribution in [0.1, 0.15) is 56.9 Å². The summed E-state index contributed by atoms with van der Waals surface area (Å²) >= 11 is 0. The van der Waals surface area contributed by atoms with Crippen molar-refractivity contribution in [2.24, 2.45) is 0 Å². The summed E-state index contributed by atoms with van der Waals surface area (Å²) in [5, 5.41) is 0. The van der Waals surface area contributed by atoms with E-state index in [1.54, 1.807) is 5.57 Å². The molecule has 16 heavy (non-hydrogen) atoms. The van der Waals surface area contributed by atoms with E-state index in [0.29, 0.717) is 0 Å². The molecule has 0 spiro atoms. The summed E-state index contributed by atoms with van der Waals surface area (Å²) in [7, 11) is 0. The molecule has 0 saturated carbocycles. The van der Waals surface area contributed by atoms with Crippen LogP contribution in [0.4, 0.5) is 0 Å². The third-order valence-corrected chi connectivity index (χ3v) is 3.44. The highest BCUT2D eigenvalue weighted by atomic mass is 14.1. The molecule has 0 heteroatoms. The molecular formula is C16H22. The Kier molecular flexibility index (Phi) is 4.67. The molecule has 86 valence electrons. The summed E-state index contributed by atoms with van der Waals surface area (Å²) in [5.41, 5.74) is 3.01. The van der Waals surface area contributed by atoms with E-state index in [0.717, 1.165) is 0 Å². The van der Waals surface area contributed by atoms with Gasteiger partial charge in [-0.1, -0.05) is 62.1 Å². The first kappa shape index (κ1) is 11.4. The van der Waals surface area contributed by atoms with E-state index < -0.39 is 0 Å². The van der Waals surface area contributed by atoms with Crippen LogP contribution in [-0.2, 0) is 0 Å². The van der Waals surface area contributed by atoms with Crippen LogP contribution in [0.2, 0.25) is 0 Å². The maximum atomic E-state index is 2.47. The molecule has 0 aromatic heterocycles. The molecule has 0 N–H and O–H groups in total. The molecule has 1 aromatic rings. The van der Waals surface area contributed by atoms with Crippen molar-refractivity contribution in [1.29, 1.82) is 0 Å². The lowest BCUT2D eigenvalue weighted by Gasteiger charge is -2.10. The maximum absolute atomic E-state index is 2.47. The van der Waals surface area contributed by atoms with Crippen LogP contribution in [0.3, 0.4) is 0 Å². The summed E-state index contributed by atoms with van der Waals surface area (Å²) in [6, 6.07) is 10.9. The van der Waals surface area contributed by atoms with Crippen molar-refractivity contribution >= 4 is 5.57 Å². The van der Waals surface area contributed by atoms with Crippen molar-refractivity contribution in [3.8, 4) is 0 Å². The Bertz CT molecular complexity index is 321. The van der Waals surface area contributed by atoms with E-state index >= 15 is 0 Å². The monoisotopic (exact) mass is 214 g/mol. The van der Waals surface area contributed by atoms with Crippen LogP contribution in [-0.4, -0.2) is 0 Å². The molecule has 0 atom stereocenters. The molecule has 0 bridgehead atoms. The minimum Gasteiger partial charge on any atom is -0.0807 e. The van der Waals surface area contributed by atoms with Crippen LogP contribution in [0.5, 0.6) is 0 Å². The van der Waals surface area contributed by atoms with Crippen LogP contribution < -0.4 is 0 Å². The van der Waals surface area contributed by atoms with Gasteiger partial charge in [0.05, 0.1) is 0 Å². The van der Waals surface area contributed by atoms with Crippen molar-refractivity contribution in [1.82, 2.24) is 0 Å². The lowest BCUT2D eigenvalue weighted by atomic mass is 9.95. The first-order valence-corrected chi connectivity index (χ1v) is 6.71. The van der Waals surface area contributed by atoms with Crippen LogP contribution in [0.25, 0.3) is 5.57 Å². The predicted octanol–water partition coefficient (Wildman–Crippen LogP) is 5.20. The minimum absolute atomic E-state index is 1.27. The van der Waals surface area contributed by atoms with Gasteiger partial charge in [0.2, 0.25) is 0 Å². The highest BCUT2D eigenvalue weighted by Gasteiger charge is 2.02. The van der Waals surface area contributed by atoms with Gasteiger partial charge < -0.3 is 0 Å². The zero-order valence-electron chi connectivity index (χ0n) is 10.1. The van der Waals surface area contributed by atoms with Gasteiger partial charge in [0.15, 0.2) is 0 Å². The fourth-order valence-electron chi connectivity index (χ4n) is 2.46. The number of allylic oxidation sites excluding steroid dienone is 2. The van der Waals surface area contributed by atoms with Gasteiger partial charge >= 0.3 is 0 Å². The van der Waals surface area contributed by atoms with Crippen molar-refractivity contribution in [3.63, 3.8) is 0 Å². The normalized spacial score (nSPS) is 22.1. The second-order valence-corrected chi connectivity index (χ2v) is 4.76. The van der Waals surface area contributed by atoms with Crippen LogP contribution >= 0.6 is 0 Å². The van der Waals surface area contributed by atoms with Crippen LogP contribution in [0.15, 0.2) is 36.4 Å². The van der Waals surface area contributed by atoms with Gasteiger partial charge in [-0.25, -0.2) is 0 Å². The van der Waals surface area contributed by atoms with E-state index in [2.05, 4.69) is 36.4 Å². The van der Waals surface area contributed by atoms with Crippen molar-refractivity contribution in [3.05, 3.63) is 42.0 Å². The quantitative estimate of drug-likeness (QED) is 0.602. The van der Waals surface area contributed by atoms with E-state index in [-0.39, 0.29) is 0 Å². The van der Waals surface area contributed by atoms with Gasteiger partial charge in [0.25, 0.3) is 0 Å².